The molecule has 3 unspecified atom stereocenters. The summed E-state index contributed by atoms with van der Waals surface area (Å²) in [5.74, 6) is -0.568. The fourth-order valence-electron chi connectivity index (χ4n) is 8.12. The predicted octanol–water partition coefficient (Wildman–Crippen LogP) is 8.83. The highest BCUT2D eigenvalue weighted by molar-refractivity contribution is 6.99. The van der Waals surface area contributed by atoms with E-state index in [1.54, 1.807) is 0 Å². The average molecular weight is 695 g/mol. The van der Waals surface area contributed by atoms with E-state index in [0.29, 0.717) is 26.1 Å². The molecule has 0 spiro atoms. The highest BCUT2D eigenvalue weighted by Crippen LogP contribution is 2.41. The van der Waals surface area contributed by atoms with E-state index in [4.69, 9.17) is 23.4 Å². The van der Waals surface area contributed by atoms with Crippen molar-refractivity contribution in [3.63, 3.8) is 0 Å². The lowest BCUT2D eigenvalue weighted by molar-refractivity contribution is -0.289. The maximum absolute atomic E-state index is 14.5. The second kappa shape index (κ2) is 17.1. The van der Waals surface area contributed by atoms with Crippen molar-refractivity contribution in [3.05, 3.63) is 60.7 Å². The molecule has 0 saturated carbocycles. The van der Waals surface area contributed by atoms with E-state index in [-0.39, 0.29) is 47.3 Å². The Kier molecular flexibility index (Phi) is 13.9. The van der Waals surface area contributed by atoms with E-state index in [1.807, 2.05) is 27.7 Å². The van der Waals surface area contributed by atoms with Crippen molar-refractivity contribution in [2.75, 3.05) is 13.2 Å². The number of rotatable bonds is 16. The summed E-state index contributed by atoms with van der Waals surface area (Å²) in [5.41, 5.74) is -0.672. The molecule has 6 atom stereocenters. The summed E-state index contributed by atoms with van der Waals surface area (Å²) in [5, 5.41) is 2.54. The van der Waals surface area contributed by atoms with Crippen LogP contribution < -0.4 is 10.4 Å². The summed E-state index contributed by atoms with van der Waals surface area (Å²) in [4.78, 5) is 14.5. The largest absolute Gasteiger partial charge is 0.405 e. The third-order valence-corrected chi connectivity index (χ3v) is 16.1. The third kappa shape index (κ3) is 9.72. The Labute approximate surface area is 299 Å². The first-order valence-corrected chi connectivity index (χ1v) is 20.9. The van der Waals surface area contributed by atoms with Gasteiger partial charge in [-0.3, -0.25) is 4.79 Å². The summed E-state index contributed by atoms with van der Waals surface area (Å²) in [6, 6.07) is 21.7. The van der Waals surface area contributed by atoms with Crippen molar-refractivity contribution in [3.8, 4) is 0 Å². The molecule has 2 aromatic rings. The molecule has 0 amide bonds. The van der Waals surface area contributed by atoms with Gasteiger partial charge in [0.25, 0.3) is 8.32 Å². The number of carbonyl (C=O) groups excluding carboxylic acids is 1. The smallest absolute Gasteiger partial charge is 0.261 e. The molecule has 2 aromatic carbocycles. The highest BCUT2D eigenvalue weighted by Gasteiger charge is 2.51. The summed E-state index contributed by atoms with van der Waals surface area (Å²) >= 11 is 0. The van der Waals surface area contributed by atoms with E-state index in [1.165, 1.54) is 10.4 Å². The summed E-state index contributed by atoms with van der Waals surface area (Å²) in [6.07, 6.45) is 6.65. The Morgan fingerprint density at radius 3 is 2.02 bits per heavy atom. The van der Waals surface area contributed by atoms with Gasteiger partial charge in [0.15, 0.2) is 12.1 Å². The maximum atomic E-state index is 14.5. The topological polar surface area (TPSA) is 63.2 Å². The van der Waals surface area contributed by atoms with Gasteiger partial charge < -0.3 is 23.4 Å². The number of carbonyl (C=O) groups is 1. The molecule has 0 aromatic heterocycles. The molecule has 2 heterocycles. The molecule has 0 N–H and O–H groups in total. The minimum Gasteiger partial charge on any atom is -0.405 e. The lowest BCUT2D eigenvalue weighted by Crippen LogP contribution is -2.67. The molecular formula is C42H66O6Si. The van der Waals surface area contributed by atoms with Crippen LogP contribution in [0.3, 0.4) is 0 Å². The van der Waals surface area contributed by atoms with Gasteiger partial charge in [-0.2, -0.15) is 0 Å². The van der Waals surface area contributed by atoms with Gasteiger partial charge in [-0.25, -0.2) is 0 Å². The zero-order valence-corrected chi connectivity index (χ0v) is 33.3. The molecule has 4 rings (SSSR count). The normalized spacial score (nSPS) is 23.0. The van der Waals surface area contributed by atoms with E-state index in [0.717, 1.165) is 38.5 Å². The number of ketones is 1. The molecule has 274 valence electrons. The van der Waals surface area contributed by atoms with Gasteiger partial charge in [-0.1, -0.05) is 116 Å². The molecule has 7 heteroatoms. The van der Waals surface area contributed by atoms with Crippen LogP contribution in [0.15, 0.2) is 60.7 Å². The SMILES string of the molecule is CCC(C(=O)C(C)(C)[C@@H]1CCOC(C)(C)O1)[C@@H](OC1CCCCO1)[C@@H](C)CCCC(C)O[Si](c1ccccc1)(c1ccccc1)C(C)(C)C. The zero-order chi connectivity index (χ0) is 35.9. The quantitative estimate of drug-likeness (QED) is 0.164. The predicted molar refractivity (Wildman–Crippen MR) is 202 cm³/mol. The molecule has 0 aliphatic carbocycles. The van der Waals surface area contributed by atoms with E-state index < -0.39 is 19.5 Å². The Morgan fingerprint density at radius 2 is 1.51 bits per heavy atom. The number of hydrogen-bond acceptors (Lipinski definition) is 6. The number of hydrogen-bond donors (Lipinski definition) is 0. The lowest BCUT2D eigenvalue weighted by atomic mass is 9.71. The Bertz CT molecular complexity index is 1240. The monoisotopic (exact) mass is 694 g/mol. The summed E-state index contributed by atoms with van der Waals surface area (Å²) in [7, 11) is -2.63. The molecule has 2 saturated heterocycles. The van der Waals surface area contributed by atoms with Crippen LogP contribution in [-0.4, -0.2) is 57.7 Å². The molecule has 49 heavy (non-hydrogen) atoms. The number of ether oxygens (including phenoxy) is 4. The molecule has 2 aliphatic heterocycles. The first-order valence-electron chi connectivity index (χ1n) is 19.0. The van der Waals surface area contributed by atoms with Gasteiger partial charge in [-0.05, 0) is 87.0 Å². The van der Waals surface area contributed by atoms with Crippen LogP contribution in [0, 0.1) is 17.3 Å². The van der Waals surface area contributed by atoms with Gasteiger partial charge in [-0.15, -0.1) is 0 Å². The van der Waals surface area contributed by atoms with Crippen LogP contribution in [0.5, 0.6) is 0 Å². The van der Waals surface area contributed by atoms with Gasteiger partial charge in [0.05, 0.1) is 24.2 Å². The zero-order valence-electron chi connectivity index (χ0n) is 32.3. The first kappa shape index (κ1) is 39.9. The second-order valence-corrected chi connectivity index (χ2v) is 20.9. The molecule has 2 aliphatic rings. The van der Waals surface area contributed by atoms with Crippen LogP contribution in [-0.2, 0) is 28.2 Å². The minimum atomic E-state index is -2.63. The third-order valence-electron chi connectivity index (χ3n) is 10.9. The summed E-state index contributed by atoms with van der Waals surface area (Å²) < 4.78 is 32.5. The maximum Gasteiger partial charge on any atom is 0.261 e. The van der Waals surface area contributed by atoms with Gasteiger partial charge >= 0.3 is 0 Å². The van der Waals surface area contributed by atoms with E-state index >= 15 is 0 Å². The number of benzene rings is 2. The average Bonchev–Trinajstić information content (AvgIpc) is 3.07. The Morgan fingerprint density at radius 1 is 0.898 bits per heavy atom. The highest BCUT2D eigenvalue weighted by atomic mass is 28.4. The fourth-order valence-corrected chi connectivity index (χ4v) is 12.9. The van der Waals surface area contributed by atoms with Crippen molar-refractivity contribution in [2.45, 2.75) is 156 Å². The van der Waals surface area contributed by atoms with Crippen LogP contribution >= 0.6 is 0 Å². The van der Waals surface area contributed by atoms with Crippen LogP contribution in [0.25, 0.3) is 0 Å². The second-order valence-electron chi connectivity index (χ2n) is 16.6. The van der Waals surface area contributed by atoms with Gasteiger partial charge in [0, 0.05) is 18.6 Å². The molecule has 0 bridgehead atoms. The van der Waals surface area contributed by atoms with Crippen molar-refractivity contribution in [1.29, 1.82) is 0 Å². The van der Waals surface area contributed by atoms with Crippen LogP contribution in [0.1, 0.15) is 121 Å². The Balaban J connectivity index is 1.51. The molecular weight excluding hydrogens is 629 g/mol. The lowest BCUT2D eigenvalue weighted by Gasteiger charge is -2.45. The molecule has 2 fully saturated rings. The van der Waals surface area contributed by atoms with Crippen molar-refractivity contribution >= 4 is 24.5 Å². The van der Waals surface area contributed by atoms with Crippen molar-refractivity contribution in [2.24, 2.45) is 17.3 Å². The van der Waals surface area contributed by atoms with Crippen molar-refractivity contribution in [1.82, 2.24) is 0 Å². The van der Waals surface area contributed by atoms with Gasteiger partial charge in [0.2, 0.25) is 0 Å². The fraction of sp³-hybridized carbons (Fsp3) is 0.690. The summed E-state index contributed by atoms with van der Waals surface area (Å²) in [6.45, 7) is 22.9. The Hall–Kier alpha value is -1.87. The molecule has 6 nitrogen and oxygen atoms in total. The van der Waals surface area contributed by atoms with E-state index in [9.17, 15) is 4.79 Å². The van der Waals surface area contributed by atoms with Crippen LogP contribution in [0.2, 0.25) is 5.04 Å². The van der Waals surface area contributed by atoms with Gasteiger partial charge in [0.1, 0.15) is 5.78 Å². The number of Topliss-reactive ketones (excluding diaryl/α,β-unsaturated/α-hetero) is 1. The van der Waals surface area contributed by atoms with Crippen LogP contribution in [0.4, 0.5) is 0 Å². The van der Waals surface area contributed by atoms with E-state index in [2.05, 4.69) is 102 Å². The minimum absolute atomic E-state index is 0.0658. The first-order chi connectivity index (χ1) is 23.1. The standard InChI is InChI=1S/C42H66O6Si/c1-11-35(39(43)41(7,8)36-28-30-45-42(9,10)47-36)38(46-37-27-18-19-29-44-37)31(2)21-20-22-32(3)48-49(40(4,5)6,33-23-14-12-15-24-33)34-25-16-13-17-26-34/h12-17,23-26,31-32,35-38H,11,18-22,27-30H2,1-10H3/t31-,32?,35?,36-,37?,38-/m0/s1. The molecule has 0 radical (unpaired) electrons. The van der Waals surface area contributed by atoms with Crippen molar-refractivity contribution < 1.29 is 28.2 Å².